The van der Waals surface area contributed by atoms with Crippen LogP contribution < -0.4 is 5.32 Å². The molecule has 2 aliphatic carbocycles. The molecule has 0 heterocycles. The van der Waals surface area contributed by atoms with E-state index in [9.17, 15) is 0 Å². The summed E-state index contributed by atoms with van der Waals surface area (Å²) in [6, 6.07) is 1.62. The van der Waals surface area contributed by atoms with Gasteiger partial charge in [0.05, 0.1) is 0 Å². The van der Waals surface area contributed by atoms with E-state index in [0.29, 0.717) is 6.04 Å². The molecule has 0 saturated heterocycles. The summed E-state index contributed by atoms with van der Waals surface area (Å²) in [4.78, 5) is 2.77. The second-order valence-electron chi connectivity index (χ2n) is 5.91. The van der Waals surface area contributed by atoms with E-state index < -0.39 is 0 Å². The molecule has 2 aliphatic rings. The van der Waals surface area contributed by atoms with E-state index >= 15 is 0 Å². The Bertz CT molecular complexity index is 209. The molecular weight excluding hydrogens is 196 g/mol. The van der Waals surface area contributed by atoms with Crippen LogP contribution in [0.3, 0.4) is 0 Å². The molecule has 0 amide bonds. The van der Waals surface area contributed by atoms with Crippen molar-refractivity contribution in [1.82, 2.24) is 10.2 Å². The van der Waals surface area contributed by atoms with E-state index in [2.05, 4.69) is 31.1 Å². The molecule has 2 heteroatoms. The summed E-state index contributed by atoms with van der Waals surface area (Å²) in [6.45, 7) is 7.33. The number of rotatable bonds is 8. The van der Waals surface area contributed by atoms with Gasteiger partial charge in [-0.15, -0.1) is 0 Å². The zero-order valence-corrected chi connectivity index (χ0v) is 11.2. The van der Waals surface area contributed by atoms with Crippen molar-refractivity contribution in [2.24, 2.45) is 11.8 Å². The zero-order chi connectivity index (χ0) is 11.5. The highest BCUT2D eigenvalue weighted by molar-refractivity contribution is 4.90. The van der Waals surface area contributed by atoms with Crippen molar-refractivity contribution in [3.63, 3.8) is 0 Å². The monoisotopic (exact) mass is 224 g/mol. The van der Waals surface area contributed by atoms with Crippen LogP contribution in [0.4, 0.5) is 0 Å². The van der Waals surface area contributed by atoms with Crippen molar-refractivity contribution < 1.29 is 0 Å². The maximum atomic E-state index is 3.52. The molecule has 0 spiro atoms. The third-order valence-electron chi connectivity index (χ3n) is 4.39. The highest BCUT2D eigenvalue weighted by Gasteiger charge is 2.34. The van der Waals surface area contributed by atoms with Gasteiger partial charge in [0.25, 0.3) is 0 Å². The van der Waals surface area contributed by atoms with Crippen molar-refractivity contribution in [3.05, 3.63) is 0 Å². The van der Waals surface area contributed by atoms with Gasteiger partial charge in [-0.05, 0) is 44.6 Å². The summed E-state index contributed by atoms with van der Waals surface area (Å²) < 4.78 is 0. The first-order chi connectivity index (χ1) is 7.74. The molecule has 2 unspecified atom stereocenters. The van der Waals surface area contributed by atoms with Crippen LogP contribution in [0.15, 0.2) is 0 Å². The summed E-state index contributed by atoms with van der Waals surface area (Å²) in [5, 5.41) is 3.52. The molecule has 0 aromatic rings. The first kappa shape index (κ1) is 12.4. The lowest BCUT2D eigenvalue weighted by molar-refractivity contribution is 0.200. The average molecular weight is 224 g/mol. The summed E-state index contributed by atoms with van der Waals surface area (Å²) in [5.74, 6) is 1.83. The molecule has 0 aromatic heterocycles. The minimum Gasteiger partial charge on any atom is -0.315 e. The second-order valence-corrected chi connectivity index (χ2v) is 5.91. The molecular formula is C14H28N2. The first-order valence-electron chi connectivity index (χ1n) is 7.15. The fourth-order valence-corrected chi connectivity index (χ4v) is 2.54. The lowest BCUT2D eigenvalue weighted by Gasteiger charge is -2.30. The Morgan fingerprint density at radius 3 is 2.38 bits per heavy atom. The Hall–Kier alpha value is -0.0800. The third-order valence-corrected chi connectivity index (χ3v) is 4.39. The molecule has 2 saturated carbocycles. The fraction of sp³-hybridized carbons (Fsp3) is 1.00. The van der Waals surface area contributed by atoms with Crippen LogP contribution in [0.2, 0.25) is 0 Å². The van der Waals surface area contributed by atoms with Gasteiger partial charge in [0.2, 0.25) is 0 Å². The van der Waals surface area contributed by atoms with Gasteiger partial charge in [-0.3, -0.25) is 4.90 Å². The summed E-state index contributed by atoms with van der Waals surface area (Å²) in [5.41, 5.74) is 0. The Labute approximate surface area is 101 Å². The fourth-order valence-electron chi connectivity index (χ4n) is 2.54. The zero-order valence-electron chi connectivity index (χ0n) is 11.2. The molecule has 0 aliphatic heterocycles. The van der Waals surface area contributed by atoms with Crippen LogP contribution in [0.5, 0.6) is 0 Å². The number of nitrogens with one attached hydrogen (secondary N) is 1. The highest BCUT2D eigenvalue weighted by Crippen LogP contribution is 2.35. The van der Waals surface area contributed by atoms with Crippen LogP contribution >= 0.6 is 0 Å². The predicted octanol–water partition coefficient (Wildman–Crippen LogP) is 2.49. The molecule has 0 aromatic carbocycles. The molecule has 94 valence electrons. The molecule has 2 nitrogen and oxygen atoms in total. The number of hydrogen-bond acceptors (Lipinski definition) is 2. The number of likely N-dealkylation sites (N-methyl/N-ethyl adjacent to an activating group) is 1. The standard InChI is InChI=1S/C14H28N2/c1-4-11(2)14(15-3)10-16(13-7-8-13)9-12-5-6-12/h11-15H,4-10H2,1-3H3. The van der Waals surface area contributed by atoms with Crippen molar-refractivity contribution in [2.45, 2.75) is 58.0 Å². The quantitative estimate of drug-likeness (QED) is 0.681. The normalized spacial score (nSPS) is 24.8. The second kappa shape index (κ2) is 5.50. The molecule has 0 bridgehead atoms. The summed E-state index contributed by atoms with van der Waals surface area (Å²) in [6.07, 6.45) is 7.15. The van der Waals surface area contributed by atoms with E-state index in [-0.39, 0.29) is 0 Å². The van der Waals surface area contributed by atoms with E-state index in [1.807, 2.05) is 0 Å². The van der Waals surface area contributed by atoms with Gasteiger partial charge in [0, 0.05) is 25.2 Å². The lowest BCUT2D eigenvalue weighted by atomic mass is 9.98. The van der Waals surface area contributed by atoms with Crippen LogP contribution in [-0.4, -0.2) is 37.1 Å². The molecule has 2 rings (SSSR count). The van der Waals surface area contributed by atoms with E-state index in [0.717, 1.165) is 17.9 Å². The minimum atomic E-state index is 0.685. The maximum Gasteiger partial charge on any atom is 0.0217 e. The van der Waals surface area contributed by atoms with Gasteiger partial charge in [0.1, 0.15) is 0 Å². The van der Waals surface area contributed by atoms with Crippen LogP contribution in [0.25, 0.3) is 0 Å². The number of hydrogen-bond donors (Lipinski definition) is 1. The third kappa shape index (κ3) is 3.46. The Morgan fingerprint density at radius 2 is 1.94 bits per heavy atom. The highest BCUT2D eigenvalue weighted by atomic mass is 15.2. The van der Waals surface area contributed by atoms with Gasteiger partial charge in [0.15, 0.2) is 0 Å². The van der Waals surface area contributed by atoms with Crippen LogP contribution in [0, 0.1) is 11.8 Å². The molecule has 2 atom stereocenters. The topological polar surface area (TPSA) is 15.3 Å². The Kier molecular flexibility index (Phi) is 4.26. The van der Waals surface area contributed by atoms with Gasteiger partial charge in [-0.2, -0.15) is 0 Å². The Balaban J connectivity index is 1.81. The van der Waals surface area contributed by atoms with E-state index in [1.165, 1.54) is 45.2 Å². The summed E-state index contributed by atoms with van der Waals surface area (Å²) in [7, 11) is 2.12. The summed E-state index contributed by atoms with van der Waals surface area (Å²) >= 11 is 0. The van der Waals surface area contributed by atoms with Crippen LogP contribution in [-0.2, 0) is 0 Å². The average Bonchev–Trinajstić information content (AvgIpc) is 3.15. The maximum absolute atomic E-state index is 3.52. The Morgan fingerprint density at radius 1 is 1.25 bits per heavy atom. The van der Waals surface area contributed by atoms with E-state index in [1.54, 1.807) is 0 Å². The smallest absolute Gasteiger partial charge is 0.0217 e. The molecule has 2 fully saturated rings. The van der Waals surface area contributed by atoms with Gasteiger partial charge < -0.3 is 5.32 Å². The lowest BCUT2D eigenvalue weighted by Crippen LogP contribution is -2.44. The first-order valence-corrected chi connectivity index (χ1v) is 7.15. The molecule has 0 radical (unpaired) electrons. The van der Waals surface area contributed by atoms with Gasteiger partial charge >= 0.3 is 0 Å². The van der Waals surface area contributed by atoms with E-state index in [4.69, 9.17) is 0 Å². The SMILES string of the molecule is CCC(C)C(CN(CC1CC1)C1CC1)NC. The van der Waals surface area contributed by atoms with Gasteiger partial charge in [-0.1, -0.05) is 20.3 Å². The number of nitrogens with zero attached hydrogens (tertiary/aromatic N) is 1. The molecule has 16 heavy (non-hydrogen) atoms. The molecule has 1 N–H and O–H groups in total. The predicted molar refractivity (Wildman–Crippen MR) is 69.6 cm³/mol. The van der Waals surface area contributed by atoms with Crippen LogP contribution in [0.1, 0.15) is 46.0 Å². The van der Waals surface area contributed by atoms with Crippen molar-refractivity contribution >= 4 is 0 Å². The van der Waals surface area contributed by atoms with Crippen molar-refractivity contribution in [1.29, 1.82) is 0 Å². The van der Waals surface area contributed by atoms with Crippen molar-refractivity contribution in [2.75, 3.05) is 20.1 Å². The van der Waals surface area contributed by atoms with Crippen molar-refractivity contribution in [3.8, 4) is 0 Å². The van der Waals surface area contributed by atoms with Gasteiger partial charge in [-0.25, -0.2) is 0 Å². The largest absolute Gasteiger partial charge is 0.315 e. The minimum absolute atomic E-state index is 0.685.